The van der Waals surface area contributed by atoms with Crippen LogP contribution in [0.2, 0.25) is 0 Å². The van der Waals surface area contributed by atoms with Crippen LogP contribution in [0.25, 0.3) is 145 Å². The van der Waals surface area contributed by atoms with E-state index in [0.29, 0.717) is 5.82 Å². The Labute approximate surface area is 762 Å². The van der Waals surface area contributed by atoms with Crippen LogP contribution in [-0.2, 0) is 10.8 Å². The third-order valence-corrected chi connectivity index (χ3v) is 30.8. The van der Waals surface area contributed by atoms with E-state index in [4.69, 9.17) is 19.9 Å². The molecule has 0 saturated carbocycles. The van der Waals surface area contributed by atoms with Gasteiger partial charge in [-0.25, -0.2) is 19.9 Å². The molecule has 18 aromatic carbocycles. The maximum atomic E-state index is 5.77. The van der Waals surface area contributed by atoms with E-state index in [-0.39, 0.29) is 0 Å². The van der Waals surface area contributed by atoms with Crippen molar-refractivity contribution in [2.75, 3.05) is 0 Å². The molecule has 0 amide bonds. The van der Waals surface area contributed by atoms with Crippen LogP contribution in [0.15, 0.2) is 477 Å². The van der Waals surface area contributed by atoms with E-state index >= 15 is 0 Å². The number of aromatic nitrogens is 4. The van der Waals surface area contributed by atoms with Gasteiger partial charge in [-0.3, -0.25) is 0 Å². The molecule has 0 bridgehead atoms. The monoisotopic (exact) mass is 1700 g/mol. The van der Waals surface area contributed by atoms with Crippen molar-refractivity contribution >= 4 is 47.0 Å². The van der Waals surface area contributed by atoms with Gasteiger partial charge >= 0.3 is 0 Å². The summed E-state index contributed by atoms with van der Waals surface area (Å²) in [5.41, 5.74) is 38.8. The maximum absolute atomic E-state index is 5.77. The van der Waals surface area contributed by atoms with Crippen LogP contribution in [0.5, 0.6) is 0 Å². The lowest BCUT2D eigenvalue weighted by atomic mass is 9.64. The van der Waals surface area contributed by atoms with Gasteiger partial charge in [-0.2, -0.15) is 0 Å². The molecule has 4 aliphatic heterocycles. The minimum Gasteiger partial charge on any atom is -0.244 e. The fourth-order valence-electron chi connectivity index (χ4n) is 20.7. The molecule has 6 heterocycles. The van der Waals surface area contributed by atoms with Crippen LogP contribution in [0.3, 0.4) is 0 Å². The van der Waals surface area contributed by atoms with Crippen LogP contribution in [0.4, 0.5) is 0 Å². The van der Waals surface area contributed by atoms with Crippen LogP contribution >= 0.6 is 47.0 Å². The van der Waals surface area contributed by atoms with Crippen molar-refractivity contribution in [2.45, 2.75) is 64.1 Å². The molecule has 0 atom stereocenters. The van der Waals surface area contributed by atoms with E-state index in [2.05, 4.69) is 445 Å². The first-order chi connectivity index (χ1) is 63.3. The van der Waals surface area contributed by atoms with Crippen molar-refractivity contribution in [1.29, 1.82) is 0 Å². The van der Waals surface area contributed by atoms with Gasteiger partial charge < -0.3 is 0 Å². The second-order valence-electron chi connectivity index (χ2n) is 33.3. The molecular weight excluding hydrogens is 1630 g/mol. The highest BCUT2D eigenvalue weighted by molar-refractivity contribution is 8.00. The summed E-state index contributed by atoms with van der Waals surface area (Å²) >= 11 is 7.22. The Hall–Kier alpha value is -14.5. The second-order valence-corrected chi connectivity index (χ2v) is 37.5. The van der Waals surface area contributed by atoms with E-state index in [1.807, 2.05) is 23.5 Å². The summed E-state index contributed by atoms with van der Waals surface area (Å²) in [4.78, 5) is 28.6. The number of rotatable bonds is 13. The number of hydrogen-bond acceptors (Lipinski definition) is 8. The molecule has 2 aromatic heterocycles. The minimum absolute atomic E-state index is 0.632. The van der Waals surface area contributed by atoms with Gasteiger partial charge in [0.25, 0.3) is 0 Å². The number of benzene rings is 18. The fraction of sp³-hybridized carbons (Fsp3) is 0.0333. The highest BCUT2D eigenvalue weighted by Gasteiger charge is 2.52. The van der Waals surface area contributed by atoms with Crippen LogP contribution < -0.4 is 0 Å². The predicted octanol–water partition coefficient (Wildman–Crippen LogP) is 32.2. The Bertz CT molecular complexity index is 7670. The van der Waals surface area contributed by atoms with Crippen molar-refractivity contribution in [3.8, 4) is 145 Å². The SMILES string of the molecule is Cc1ccc(-c2cc(-c3ccccc3)c(-c3ccccc3)c(-c3ccccc3)c2-c2ccc(-c3cccc(-c4c(-c5ccccc5)cc(-c5ccccc5)c(-c5ccc(-c6c(C)ccc7c6Sc6ncncc6C76c7ccccc7Sc7ccccc76)cc5)c4-c4ccccc4)c3)cc2)cc1-c1ncc2c(n1)Sc1ccccc1C21c2ccccc2Sc2ccccc21. The molecule has 4 aliphatic rings. The molecule has 4 nitrogen and oxygen atoms in total. The summed E-state index contributed by atoms with van der Waals surface area (Å²) in [6.07, 6.45) is 5.92. The summed E-state index contributed by atoms with van der Waals surface area (Å²) in [6.45, 7) is 4.47. The zero-order valence-corrected chi connectivity index (χ0v) is 73.3. The molecule has 128 heavy (non-hydrogen) atoms. The van der Waals surface area contributed by atoms with Gasteiger partial charge in [-0.1, -0.05) is 411 Å². The molecule has 20 aromatic rings. The van der Waals surface area contributed by atoms with Crippen molar-refractivity contribution in [3.63, 3.8) is 0 Å². The molecule has 0 saturated heterocycles. The Kier molecular flexibility index (Phi) is 19.2. The number of fused-ring (bicyclic) bond motifs is 16. The third-order valence-electron chi connectivity index (χ3n) is 26.3. The summed E-state index contributed by atoms with van der Waals surface area (Å²) in [6, 6.07) is 156. The molecule has 0 N–H and O–H groups in total. The van der Waals surface area contributed by atoms with Gasteiger partial charge in [-0.05, 0) is 246 Å². The van der Waals surface area contributed by atoms with Gasteiger partial charge in [-0.15, -0.1) is 0 Å². The van der Waals surface area contributed by atoms with Crippen LogP contribution in [-0.4, -0.2) is 19.9 Å². The minimum atomic E-state index is -0.654. The largest absolute Gasteiger partial charge is 0.244 e. The van der Waals surface area contributed by atoms with Crippen molar-refractivity contribution < 1.29 is 0 Å². The van der Waals surface area contributed by atoms with E-state index in [0.717, 1.165) is 160 Å². The molecule has 602 valence electrons. The second kappa shape index (κ2) is 31.9. The van der Waals surface area contributed by atoms with Crippen molar-refractivity contribution in [1.82, 2.24) is 19.9 Å². The normalized spacial score (nSPS) is 13.2. The lowest BCUT2D eigenvalue weighted by Gasteiger charge is -2.45. The highest BCUT2D eigenvalue weighted by Crippen LogP contribution is 2.65. The predicted molar refractivity (Wildman–Crippen MR) is 531 cm³/mol. The van der Waals surface area contributed by atoms with Crippen LogP contribution in [0.1, 0.15) is 55.6 Å². The Balaban J connectivity index is 0.674. The van der Waals surface area contributed by atoms with Gasteiger partial charge in [0.05, 0.1) is 10.8 Å². The van der Waals surface area contributed by atoms with Gasteiger partial charge in [0, 0.05) is 58.5 Å². The number of aryl methyl sites for hydroxylation is 2. The summed E-state index contributed by atoms with van der Waals surface area (Å²) < 4.78 is 0. The molecule has 8 heteroatoms. The quantitative estimate of drug-likeness (QED) is 0.106. The standard InChI is InChI=1S/C120H78N4S4/c1-75-56-58-88(69-90(75)116-122-73-102-118(124-116)127-107-55-30-25-50-99(107)119(102)95-46-21-26-51-103(95)125-104-52-27-22-47-96(104)119)94-71-92(79-34-11-4-12-35-79)109(81-38-15-6-16-39-81)113(82-40-17-7-18-41-82)111(94)85-61-59-77(60-62-85)87-44-31-45-89(68-87)112-93(80-36-13-5-14-37-80)70-91(78-32-9-3-10-33-78)110(114(112)83-42-19-8-20-43-83)86-65-63-84(64-66-86)108-76(2)57-67-100-115(108)128-117-101(72-121-74-123-117)120(100)97-48-23-28-53-105(97)126-106-54-29-24-49-98(106)120/h3-74H,1-2H3. The van der Waals surface area contributed by atoms with Gasteiger partial charge in [0.1, 0.15) is 16.4 Å². The first-order valence-corrected chi connectivity index (χ1v) is 46.8. The Morgan fingerprint density at radius 3 is 1.02 bits per heavy atom. The van der Waals surface area contributed by atoms with Gasteiger partial charge in [0.2, 0.25) is 0 Å². The molecule has 0 unspecified atom stereocenters. The number of hydrogen-bond donors (Lipinski definition) is 0. The number of nitrogens with zero attached hydrogens (tertiary/aromatic N) is 4. The highest BCUT2D eigenvalue weighted by atomic mass is 32.2. The topological polar surface area (TPSA) is 51.6 Å². The first-order valence-electron chi connectivity index (χ1n) is 43.5. The van der Waals surface area contributed by atoms with E-state index in [1.54, 1.807) is 29.9 Å². The average molecular weight is 1700 g/mol. The lowest BCUT2D eigenvalue weighted by Crippen LogP contribution is -2.37. The van der Waals surface area contributed by atoms with E-state index < -0.39 is 10.8 Å². The molecule has 0 radical (unpaired) electrons. The van der Waals surface area contributed by atoms with Crippen molar-refractivity contribution in [3.05, 3.63) is 493 Å². The average Bonchev–Trinajstić information content (AvgIpc) is 0.692. The molecular formula is C120H78N4S4. The molecule has 0 fully saturated rings. The van der Waals surface area contributed by atoms with E-state index in [9.17, 15) is 0 Å². The summed E-state index contributed by atoms with van der Waals surface area (Å²) in [5.74, 6) is 0.688. The maximum Gasteiger partial charge on any atom is 0.160 e. The van der Waals surface area contributed by atoms with E-state index in [1.165, 1.54) is 73.9 Å². The summed E-state index contributed by atoms with van der Waals surface area (Å²) in [7, 11) is 0. The zero-order chi connectivity index (χ0) is 85.0. The fourth-order valence-corrected chi connectivity index (χ4v) is 25.5. The lowest BCUT2D eigenvalue weighted by molar-refractivity contribution is 0.650. The Morgan fingerprint density at radius 2 is 0.547 bits per heavy atom. The smallest absolute Gasteiger partial charge is 0.160 e. The first kappa shape index (κ1) is 77.1. The molecule has 0 aliphatic carbocycles. The third kappa shape index (κ3) is 12.6. The van der Waals surface area contributed by atoms with Crippen LogP contribution in [0, 0.1) is 13.8 Å². The van der Waals surface area contributed by atoms with Crippen molar-refractivity contribution in [2.24, 2.45) is 0 Å². The Morgan fingerprint density at radius 1 is 0.203 bits per heavy atom. The van der Waals surface area contributed by atoms with Gasteiger partial charge in [0.15, 0.2) is 5.82 Å². The zero-order valence-electron chi connectivity index (χ0n) is 70.0. The molecule has 24 rings (SSSR count). The summed E-state index contributed by atoms with van der Waals surface area (Å²) in [5, 5.41) is 1.93. The molecule has 2 spiro atoms.